The van der Waals surface area contributed by atoms with Crippen molar-refractivity contribution >= 4 is 16.0 Å². The van der Waals surface area contributed by atoms with Crippen LogP contribution in [0.15, 0.2) is 0 Å². The van der Waals surface area contributed by atoms with Gasteiger partial charge in [0.05, 0.1) is 18.3 Å². The van der Waals surface area contributed by atoms with E-state index in [0.717, 1.165) is 0 Å². The lowest BCUT2D eigenvalue weighted by Gasteiger charge is -2.38. The van der Waals surface area contributed by atoms with Crippen LogP contribution in [0.25, 0.3) is 0 Å². The Bertz CT molecular complexity index is 348. The van der Waals surface area contributed by atoms with E-state index in [-0.39, 0.29) is 19.4 Å². The number of alkyl halides is 1. The molecule has 7 heteroatoms. The number of primary sulfonamides is 1. The molecule has 0 radical (unpaired) electrons. The highest BCUT2D eigenvalue weighted by atomic mass is 32.2. The quantitative estimate of drug-likeness (QED) is 0.697. The molecule has 88 valence electrons. The summed E-state index contributed by atoms with van der Waals surface area (Å²) in [6.45, 7) is 1.90. The van der Waals surface area contributed by atoms with Crippen molar-refractivity contribution < 1.29 is 22.3 Å². The highest BCUT2D eigenvalue weighted by Crippen LogP contribution is 2.42. The molecule has 0 spiro atoms. The molecule has 1 fully saturated rings. The van der Waals surface area contributed by atoms with Crippen molar-refractivity contribution in [1.29, 1.82) is 0 Å². The van der Waals surface area contributed by atoms with Crippen LogP contribution in [0.2, 0.25) is 0 Å². The maximum absolute atomic E-state index is 13.6. The van der Waals surface area contributed by atoms with E-state index in [1.54, 1.807) is 6.92 Å². The van der Waals surface area contributed by atoms with Crippen LogP contribution in [0.1, 0.15) is 19.8 Å². The van der Waals surface area contributed by atoms with Crippen LogP contribution in [-0.4, -0.2) is 32.4 Å². The summed E-state index contributed by atoms with van der Waals surface area (Å²) in [4.78, 5) is 11.1. The maximum atomic E-state index is 13.6. The first-order valence-corrected chi connectivity index (χ1v) is 6.33. The van der Waals surface area contributed by atoms with Crippen molar-refractivity contribution in [2.24, 2.45) is 11.1 Å². The number of nitrogens with two attached hydrogens (primary N) is 1. The van der Waals surface area contributed by atoms with Crippen molar-refractivity contribution in [3.05, 3.63) is 0 Å². The summed E-state index contributed by atoms with van der Waals surface area (Å²) in [5, 5.41) is 4.73. The van der Waals surface area contributed by atoms with Crippen molar-refractivity contribution in [2.75, 3.05) is 12.4 Å². The number of hydrogen-bond acceptors (Lipinski definition) is 4. The molecule has 1 saturated carbocycles. The van der Waals surface area contributed by atoms with Gasteiger partial charge in [-0.1, -0.05) is 0 Å². The lowest BCUT2D eigenvalue weighted by atomic mass is 9.73. The van der Waals surface area contributed by atoms with Crippen LogP contribution in [0.5, 0.6) is 0 Å². The van der Waals surface area contributed by atoms with E-state index in [0.29, 0.717) is 0 Å². The van der Waals surface area contributed by atoms with Crippen molar-refractivity contribution in [3.63, 3.8) is 0 Å². The van der Waals surface area contributed by atoms with E-state index >= 15 is 0 Å². The molecule has 0 aliphatic heterocycles. The molecule has 2 N–H and O–H groups in total. The van der Waals surface area contributed by atoms with Crippen LogP contribution >= 0.6 is 0 Å². The number of hydrogen-bond donors (Lipinski definition) is 1. The normalized spacial score (nSPS) is 30.7. The maximum Gasteiger partial charge on any atom is 0.309 e. The largest absolute Gasteiger partial charge is 0.466 e. The number of carbonyl (C=O) groups excluding carboxylic acids is 1. The fourth-order valence-corrected chi connectivity index (χ4v) is 2.69. The predicted octanol–water partition coefficient (Wildman–Crippen LogP) is -0.0437. The summed E-state index contributed by atoms with van der Waals surface area (Å²) in [5.41, 5.74) is -1.86. The Balaban J connectivity index is 2.45. The van der Waals surface area contributed by atoms with Crippen molar-refractivity contribution in [2.45, 2.75) is 25.4 Å². The third kappa shape index (κ3) is 3.42. The number of ether oxygens (including phenoxy) is 1. The zero-order valence-electron chi connectivity index (χ0n) is 8.40. The first-order chi connectivity index (χ1) is 6.76. The second-order valence-corrected chi connectivity index (χ2v) is 5.43. The predicted molar refractivity (Wildman–Crippen MR) is 51.2 cm³/mol. The molecule has 5 nitrogen and oxygen atoms in total. The van der Waals surface area contributed by atoms with Gasteiger partial charge in [0.1, 0.15) is 5.67 Å². The summed E-state index contributed by atoms with van der Waals surface area (Å²) in [7, 11) is -3.83. The third-order valence-corrected chi connectivity index (χ3v) is 3.22. The topological polar surface area (TPSA) is 86.5 Å². The van der Waals surface area contributed by atoms with E-state index in [9.17, 15) is 17.6 Å². The standard InChI is InChI=1S/C8H14FNO4S/c1-2-14-7(11)6-3-8(9,4-6)5-15(10,12)13/h6H,2-5H2,1H3,(H2,10,12,13). The van der Waals surface area contributed by atoms with Crippen molar-refractivity contribution in [3.8, 4) is 0 Å². The molecule has 1 rings (SSSR count). The Labute approximate surface area is 87.8 Å². The Morgan fingerprint density at radius 3 is 2.53 bits per heavy atom. The van der Waals surface area contributed by atoms with Gasteiger partial charge in [0.25, 0.3) is 0 Å². The Hall–Kier alpha value is -0.690. The molecule has 0 saturated heterocycles. The minimum atomic E-state index is -3.83. The minimum Gasteiger partial charge on any atom is -0.466 e. The first-order valence-electron chi connectivity index (χ1n) is 4.62. The summed E-state index contributed by atoms with van der Waals surface area (Å²) < 4.78 is 39.6. The minimum absolute atomic E-state index is 0.123. The van der Waals surface area contributed by atoms with Crippen LogP contribution in [0.3, 0.4) is 0 Å². The SMILES string of the molecule is CCOC(=O)C1CC(F)(CS(N)(=O)=O)C1. The molecule has 1 aliphatic carbocycles. The van der Waals surface area contributed by atoms with E-state index in [4.69, 9.17) is 5.14 Å². The highest BCUT2D eigenvalue weighted by molar-refractivity contribution is 7.89. The number of esters is 1. The Kier molecular flexibility index (Phi) is 3.34. The van der Waals surface area contributed by atoms with Gasteiger partial charge in [-0.05, 0) is 19.8 Å². The molecule has 0 aromatic carbocycles. The molecule has 0 unspecified atom stereocenters. The molecular weight excluding hydrogens is 225 g/mol. The van der Waals surface area contributed by atoms with E-state index < -0.39 is 33.3 Å². The molecule has 0 aromatic heterocycles. The molecule has 0 atom stereocenters. The van der Waals surface area contributed by atoms with Crippen molar-refractivity contribution in [1.82, 2.24) is 0 Å². The average Bonchev–Trinajstić information content (AvgIpc) is 1.96. The van der Waals surface area contributed by atoms with Crippen LogP contribution in [-0.2, 0) is 19.6 Å². The smallest absolute Gasteiger partial charge is 0.309 e. The summed E-state index contributed by atoms with van der Waals surface area (Å²) >= 11 is 0. The number of carbonyl (C=O) groups is 1. The molecule has 1 aliphatic rings. The Morgan fingerprint density at radius 1 is 1.60 bits per heavy atom. The molecule has 15 heavy (non-hydrogen) atoms. The molecule has 0 heterocycles. The summed E-state index contributed by atoms with van der Waals surface area (Å²) in [5.74, 6) is -1.73. The van der Waals surface area contributed by atoms with Gasteiger partial charge in [-0.25, -0.2) is 17.9 Å². The van der Waals surface area contributed by atoms with Gasteiger partial charge in [0.15, 0.2) is 0 Å². The third-order valence-electron chi connectivity index (χ3n) is 2.30. The summed E-state index contributed by atoms with van der Waals surface area (Å²) in [6, 6.07) is 0. The lowest BCUT2D eigenvalue weighted by molar-refractivity contribution is -0.156. The fourth-order valence-electron chi connectivity index (χ4n) is 1.73. The lowest BCUT2D eigenvalue weighted by Crippen LogP contribution is -2.49. The molecule has 0 aromatic rings. The molecule has 0 bridgehead atoms. The highest BCUT2D eigenvalue weighted by Gasteiger charge is 2.50. The fraction of sp³-hybridized carbons (Fsp3) is 0.875. The second-order valence-electron chi connectivity index (χ2n) is 3.82. The average molecular weight is 239 g/mol. The number of sulfonamides is 1. The zero-order valence-corrected chi connectivity index (χ0v) is 9.22. The van der Waals surface area contributed by atoms with Gasteiger partial charge in [0.2, 0.25) is 10.0 Å². The van der Waals surface area contributed by atoms with E-state index in [1.807, 2.05) is 0 Å². The number of rotatable bonds is 4. The van der Waals surface area contributed by atoms with Gasteiger partial charge in [-0.3, -0.25) is 4.79 Å². The Morgan fingerprint density at radius 2 is 2.13 bits per heavy atom. The van der Waals surface area contributed by atoms with Gasteiger partial charge >= 0.3 is 5.97 Å². The molecular formula is C8H14FNO4S. The second kappa shape index (κ2) is 4.05. The zero-order chi connectivity index (χ0) is 11.7. The first kappa shape index (κ1) is 12.4. The number of halogens is 1. The monoisotopic (exact) mass is 239 g/mol. The van der Waals surface area contributed by atoms with Gasteiger partial charge in [-0.15, -0.1) is 0 Å². The van der Waals surface area contributed by atoms with E-state index in [1.165, 1.54) is 0 Å². The van der Waals surface area contributed by atoms with Gasteiger partial charge in [0, 0.05) is 0 Å². The van der Waals surface area contributed by atoms with Gasteiger partial charge < -0.3 is 4.74 Å². The van der Waals surface area contributed by atoms with Crippen LogP contribution in [0, 0.1) is 5.92 Å². The van der Waals surface area contributed by atoms with Crippen LogP contribution < -0.4 is 5.14 Å². The van der Waals surface area contributed by atoms with Crippen LogP contribution in [0.4, 0.5) is 4.39 Å². The molecule has 0 amide bonds. The van der Waals surface area contributed by atoms with E-state index in [2.05, 4.69) is 4.74 Å². The van der Waals surface area contributed by atoms with Gasteiger partial charge in [-0.2, -0.15) is 0 Å². The summed E-state index contributed by atoms with van der Waals surface area (Å²) in [6.07, 6.45) is -0.246.